The molecule has 21 heavy (non-hydrogen) atoms. The van der Waals surface area contributed by atoms with Gasteiger partial charge in [-0.2, -0.15) is 0 Å². The van der Waals surface area contributed by atoms with E-state index in [-0.39, 0.29) is 17.6 Å². The number of amides is 1. The lowest BCUT2D eigenvalue weighted by Gasteiger charge is -2.38. The van der Waals surface area contributed by atoms with Gasteiger partial charge in [0.15, 0.2) is 11.5 Å². The Balaban J connectivity index is 1.84. The first-order chi connectivity index (χ1) is 10.1. The first-order valence-electron chi connectivity index (χ1n) is 6.99. The number of aromatic nitrogens is 1. The third kappa shape index (κ3) is 2.39. The molecule has 3 heterocycles. The number of piperazine rings is 1. The highest BCUT2D eigenvalue weighted by Gasteiger charge is 2.36. The maximum atomic E-state index is 11.7. The SMILES string of the molecule is COC(=O)c1ccc(N)c(N2CCN3C(=O)CCC3C2)n1. The summed E-state index contributed by atoms with van der Waals surface area (Å²) in [6.45, 7) is 2.05. The standard InChI is InChI=1S/C14H18N4O3/c1-21-14(20)11-4-3-10(15)13(16-11)17-6-7-18-9(8-17)2-5-12(18)19/h3-4,9H,2,5-8,15H2,1H3. The van der Waals surface area contributed by atoms with Gasteiger partial charge in [-0.3, -0.25) is 4.79 Å². The first-order valence-corrected chi connectivity index (χ1v) is 6.99. The minimum atomic E-state index is -0.481. The number of fused-ring (bicyclic) bond motifs is 1. The fourth-order valence-corrected chi connectivity index (χ4v) is 2.99. The monoisotopic (exact) mass is 290 g/mol. The first kappa shape index (κ1) is 13.7. The Bertz CT molecular complexity index is 590. The number of ether oxygens (including phenoxy) is 1. The Hall–Kier alpha value is -2.31. The molecule has 0 aliphatic carbocycles. The molecule has 0 saturated carbocycles. The molecule has 1 atom stereocenters. The molecule has 0 bridgehead atoms. The molecule has 2 aliphatic rings. The van der Waals surface area contributed by atoms with Crippen molar-refractivity contribution >= 4 is 23.4 Å². The molecule has 1 unspecified atom stereocenters. The van der Waals surface area contributed by atoms with Gasteiger partial charge in [0.1, 0.15) is 0 Å². The highest BCUT2D eigenvalue weighted by Crippen LogP contribution is 2.28. The number of carbonyl (C=O) groups excluding carboxylic acids is 2. The van der Waals surface area contributed by atoms with E-state index in [1.807, 2.05) is 9.80 Å². The summed E-state index contributed by atoms with van der Waals surface area (Å²) in [5, 5.41) is 0. The number of nitrogens with two attached hydrogens (primary N) is 1. The molecule has 0 spiro atoms. The smallest absolute Gasteiger partial charge is 0.356 e. The Morgan fingerprint density at radius 3 is 3.00 bits per heavy atom. The number of nitrogens with zero attached hydrogens (tertiary/aromatic N) is 3. The van der Waals surface area contributed by atoms with Crippen LogP contribution in [0.3, 0.4) is 0 Å². The quantitative estimate of drug-likeness (QED) is 0.786. The van der Waals surface area contributed by atoms with E-state index in [1.54, 1.807) is 12.1 Å². The van der Waals surface area contributed by atoms with Crippen LogP contribution in [0, 0.1) is 0 Å². The summed E-state index contributed by atoms with van der Waals surface area (Å²) in [5.41, 5.74) is 6.76. The summed E-state index contributed by atoms with van der Waals surface area (Å²) in [5.74, 6) is 0.340. The molecule has 7 nitrogen and oxygen atoms in total. The van der Waals surface area contributed by atoms with E-state index in [1.165, 1.54) is 7.11 Å². The van der Waals surface area contributed by atoms with Gasteiger partial charge >= 0.3 is 5.97 Å². The zero-order valence-electron chi connectivity index (χ0n) is 11.9. The van der Waals surface area contributed by atoms with Crippen LogP contribution in [0.2, 0.25) is 0 Å². The topological polar surface area (TPSA) is 88.8 Å². The lowest BCUT2D eigenvalue weighted by molar-refractivity contribution is -0.129. The largest absolute Gasteiger partial charge is 0.464 e. The Morgan fingerprint density at radius 1 is 1.43 bits per heavy atom. The molecule has 112 valence electrons. The second kappa shape index (κ2) is 5.23. The number of hydrogen-bond acceptors (Lipinski definition) is 6. The molecular formula is C14H18N4O3. The van der Waals surface area contributed by atoms with Gasteiger partial charge in [-0.05, 0) is 18.6 Å². The molecule has 2 fully saturated rings. The number of pyridine rings is 1. The van der Waals surface area contributed by atoms with Crippen molar-refractivity contribution < 1.29 is 14.3 Å². The van der Waals surface area contributed by atoms with Crippen molar-refractivity contribution in [3.05, 3.63) is 17.8 Å². The van der Waals surface area contributed by atoms with Crippen molar-refractivity contribution in [1.82, 2.24) is 9.88 Å². The molecule has 1 aromatic heterocycles. The Kier molecular flexibility index (Phi) is 3.40. The molecular weight excluding hydrogens is 272 g/mol. The third-order valence-electron chi connectivity index (χ3n) is 4.09. The van der Waals surface area contributed by atoms with E-state index in [9.17, 15) is 9.59 Å². The van der Waals surface area contributed by atoms with Gasteiger partial charge in [0, 0.05) is 32.1 Å². The van der Waals surface area contributed by atoms with E-state index >= 15 is 0 Å². The normalized spacial score (nSPS) is 21.4. The summed E-state index contributed by atoms with van der Waals surface area (Å²) in [6.07, 6.45) is 1.48. The molecule has 2 aliphatic heterocycles. The van der Waals surface area contributed by atoms with Crippen LogP contribution in [0.15, 0.2) is 12.1 Å². The number of carbonyl (C=O) groups is 2. The van der Waals surface area contributed by atoms with Crippen LogP contribution in [0.4, 0.5) is 11.5 Å². The zero-order chi connectivity index (χ0) is 15.0. The lowest BCUT2D eigenvalue weighted by atomic mass is 10.1. The van der Waals surface area contributed by atoms with Crippen LogP contribution >= 0.6 is 0 Å². The number of methoxy groups -OCH3 is 1. The van der Waals surface area contributed by atoms with Crippen molar-refractivity contribution in [2.45, 2.75) is 18.9 Å². The van der Waals surface area contributed by atoms with E-state index in [0.717, 1.165) is 6.42 Å². The molecule has 1 amide bonds. The van der Waals surface area contributed by atoms with Gasteiger partial charge < -0.3 is 20.3 Å². The summed E-state index contributed by atoms with van der Waals surface area (Å²) >= 11 is 0. The van der Waals surface area contributed by atoms with Gasteiger partial charge in [0.05, 0.1) is 12.8 Å². The summed E-state index contributed by atoms with van der Waals surface area (Å²) in [6, 6.07) is 3.44. The van der Waals surface area contributed by atoms with Gasteiger partial charge in [0.2, 0.25) is 5.91 Å². The van der Waals surface area contributed by atoms with E-state index in [0.29, 0.717) is 37.6 Å². The number of esters is 1. The van der Waals surface area contributed by atoms with Crippen LogP contribution in [-0.2, 0) is 9.53 Å². The van der Waals surface area contributed by atoms with Crippen LogP contribution in [-0.4, -0.2) is 54.5 Å². The molecule has 1 aromatic rings. The number of hydrogen-bond donors (Lipinski definition) is 1. The van der Waals surface area contributed by atoms with Crippen LogP contribution in [0.5, 0.6) is 0 Å². The maximum absolute atomic E-state index is 11.7. The predicted molar refractivity (Wildman–Crippen MR) is 76.9 cm³/mol. The highest BCUT2D eigenvalue weighted by atomic mass is 16.5. The summed E-state index contributed by atoms with van der Waals surface area (Å²) in [7, 11) is 1.32. The Labute approximate surface area is 122 Å². The highest BCUT2D eigenvalue weighted by molar-refractivity contribution is 5.88. The van der Waals surface area contributed by atoms with Gasteiger partial charge in [0.25, 0.3) is 0 Å². The number of anilines is 2. The minimum Gasteiger partial charge on any atom is -0.464 e. The molecule has 3 rings (SSSR count). The fraction of sp³-hybridized carbons (Fsp3) is 0.500. The lowest BCUT2D eigenvalue weighted by Crippen LogP contribution is -2.52. The molecule has 2 N–H and O–H groups in total. The summed E-state index contributed by atoms with van der Waals surface area (Å²) < 4.78 is 4.69. The predicted octanol–water partition coefficient (Wildman–Crippen LogP) is 0.261. The fourth-order valence-electron chi connectivity index (χ4n) is 2.99. The number of nitrogen functional groups attached to an aromatic ring is 1. The van der Waals surface area contributed by atoms with Gasteiger partial charge in [-0.25, -0.2) is 9.78 Å². The average molecular weight is 290 g/mol. The van der Waals surface area contributed by atoms with E-state index < -0.39 is 5.97 Å². The van der Waals surface area contributed by atoms with Crippen molar-refractivity contribution in [3.63, 3.8) is 0 Å². The van der Waals surface area contributed by atoms with Crippen molar-refractivity contribution in [2.75, 3.05) is 37.4 Å². The van der Waals surface area contributed by atoms with Crippen molar-refractivity contribution in [1.29, 1.82) is 0 Å². The molecule has 0 radical (unpaired) electrons. The second-order valence-corrected chi connectivity index (χ2v) is 5.33. The molecule has 0 aromatic carbocycles. The third-order valence-corrected chi connectivity index (χ3v) is 4.09. The van der Waals surface area contributed by atoms with Crippen LogP contribution in [0.1, 0.15) is 23.3 Å². The number of rotatable bonds is 2. The van der Waals surface area contributed by atoms with Crippen molar-refractivity contribution in [3.8, 4) is 0 Å². The van der Waals surface area contributed by atoms with Crippen LogP contribution in [0.25, 0.3) is 0 Å². The van der Waals surface area contributed by atoms with E-state index in [4.69, 9.17) is 5.73 Å². The van der Waals surface area contributed by atoms with Gasteiger partial charge in [-0.1, -0.05) is 0 Å². The Morgan fingerprint density at radius 2 is 2.24 bits per heavy atom. The average Bonchev–Trinajstić information content (AvgIpc) is 2.88. The zero-order valence-corrected chi connectivity index (χ0v) is 11.9. The molecule has 2 saturated heterocycles. The van der Waals surface area contributed by atoms with Crippen LogP contribution < -0.4 is 10.6 Å². The maximum Gasteiger partial charge on any atom is 0.356 e. The summed E-state index contributed by atoms with van der Waals surface area (Å²) in [4.78, 5) is 31.6. The van der Waals surface area contributed by atoms with Gasteiger partial charge in [-0.15, -0.1) is 0 Å². The second-order valence-electron chi connectivity index (χ2n) is 5.33. The van der Waals surface area contributed by atoms with Crippen molar-refractivity contribution in [2.24, 2.45) is 0 Å². The molecule has 7 heteroatoms. The van der Waals surface area contributed by atoms with E-state index in [2.05, 4.69) is 9.72 Å². The minimum absolute atomic E-state index is 0.217.